The lowest BCUT2D eigenvalue weighted by Gasteiger charge is -2.31. The lowest BCUT2D eigenvalue weighted by Crippen LogP contribution is -2.53. The minimum atomic E-state index is -1.19. The van der Waals surface area contributed by atoms with Crippen LogP contribution in [-0.2, 0) is 4.79 Å². The number of aliphatic imine (C=N–C) groups is 1. The SMILES string of the molecule is CCC(CCN=C(N)N)C(N)(CC)C(=O)O. The fraction of sp³-hybridized carbons (Fsp3) is 0.800. The molecule has 94 valence electrons. The smallest absolute Gasteiger partial charge is 0.323 e. The predicted molar refractivity (Wildman–Crippen MR) is 63.9 cm³/mol. The molecule has 0 aromatic carbocycles. The average Bonchev–Trinajstić information content (AvgIpc) is 2.22. The molecule has 2 atom stereocenters. The number of carbonyl (C=O) groups is 1. The zero-order valence-corrected chi connectivity index (χ0v) is 9.94. The Morgan fingerprint density at radius 1 is 1.44 bits per heavy atom. The van der Waals surface area contributed by atoms with Crippen LogP contribution in [0.3, 0.4) is 0 Å². The van der Waals surface area contributed by atoms with Crippen LogP contribution in [-0.4, -0.2) is 29.1 Å². The third-order valence-corrected chi connectivity index (χ3v) is 2.98. The Hall–Kier alpha value is -1.30. The number of aliphatic carboxylic acids is 1. The summed E-state index contributed by atoms with van der Waals surface area (Å²) in [5, 5.41) is 9.13. The summed E-state index contributed by atoms with van der Waals surface area (Å²) in [7, 11) is 0. The number of nitrogens with two attached hydrogens (primary N) is 3. The summed E-state index contributed by atoms with van der Waals surface area (Å²) in [4.78, 5) is 15.0. The lowest BCUT2D eigenvalue weighted by atomic mass is 9.79. The van der Waals surface area contributed by atoms with Crippen LogP contribution in [0.25, 0.3) is 0 Å². The summed E-state index contributed by atoms with van der Waals surface area (Å²) in [5.41, 5.74) is 15.1. The second-order valence-electron chi connectivity index (χ2n) is 3.90. The predicted octanol–water partition coefficient (Wildman–Crippen LogP) is -0.132. The molecule has 7 N–H and O–H groups in total. The summed E-state index contributed by atoms with van der Waals surface area (Å²) in [6.45, 7) is 4.10. The quantitative estimate of drug-likeness (QED) is 0.358. The van der Waals surface area contributed by atoms with Gasteiger partial charge in [-0.05, 0) is 18.8 Å². The minimum absolute atomic E-state index is 0.0179. The zero-order valence-electron chi connectivity index (χ0n) is 9.94. The van der Waals surface area contributed by atoms with E-state index in [1.165, 1.54) is 0 Å². The number of guanidine groups is 1. The van der Waals surface area contributed by atoms with Gasteiger partial charge in [-0.3, -0.25) is 9.79 Å². The number of hydrogen-bond donors (Lipinski definition) is 4. The van der Waals surface area contributed by atoms with Gasteiger partial charge in [0.05, 0.1) is 0 Å². The van der Waals surface area contributed by atoms with Crippen molar-refractivity contribution in [2.24, 2.45) is 28.1 Å². The highest BCUT2D eigenvalue weighted by atomic mass is 16.4. The Morgan fingerprint density at radius 3 is 2.31 bits per heavy atom. The van der Waals surface area contributed by atoms with E-state index < -0.39 is 11.5 Å². The highest BCUT2D eigenvalue weighted by Crippen LogP contribution is 2.25. The first-order valence-electron chi connectivity index (χ1n) is 5.46. The van der Waals surface area contributed by atoms with Crippen LogP contribution >= 0.6 is 0 Å². The van der Waals surface area contributed by atoms with Gasteiger partial charge in [-0.25, -0.2) is 0 Å². The van der Waals surface area contributed by atoms with Crippen molar-refractivity contribution in [3.8, 4) is 0 Å². The Kier molecular flexibility index (Phi) is 5.81. The summed E-state index contributed by atoms with van der Waals surface area (Å²) in [5.74, 6) is -1.08. The van der Waals surface area contributed by atoms with E-state index in [0.717, 1.165) is 0 Å². The largest absolute Gasteiger partial charge is 0.480 e. The van der Waals surface area contributed by atoms with E-state index in [2.05, 4.69) is 4.99 Å². The van der Waals surface area contributed by atoms with Crippen LogP contribution in [0.2, 0.25) is 0 Å². The maximum atomic E-state index is 11.1. The molecule has 0 saturated heterocycles. The molecule has 0 aliphatic rings. The van der Waals surface area contributed by atoms with E-state index in [1.807, 2.05) is 6.92 Å². The molecule has 0 spiro atoms. The van der Waals surface area contributed by atoms with Gasteiger partial charge >= 0.3 is 5.97 Å². The number of hydrogen-bond acceptors (Lipinski definition) is 3. The molecule has 6 heteroatoms. The molecule has 0 fully saturated rings. The van der Waals surface area contributed by atoms with E-state index in [-0.39, 0.29) is 11.9 Å². The van der Waals surface area contributed by atoms with Gasteiger partial charge in [-0.1, -0.05) is 20.3 Å². The summed E-state index contributed by atoms with van der Waals surface area (Å²) < 4.78 is 0. The first-order chi connectivity index (χ1) is 7.38. The molecule has 0 bridgehead atoms. The van der Waals surface area contributed by atoms with Crippen LogP contribution in [0.1, 0.15) is 33.1 Å². The van der Waals surface area contributed by atoms with Gasteiger partial charge in [-0.15, -0.1) is 0 Å². The molecule has 0 radical (unpaired) electrons. The molecule has 16 heavy (non-hydrogen) atoms. The van der Waals surface area contributed by atoms with Crippen molar-refractivity contribution in [1.29, 1.82) is 0 Å². The molecule has 2 unspecified atom stereocenters. The molecule has 0 aliphatic heterocycles. The van der Waals surface area contributed by atoms with E-state index >= 15 is 0 Å². The highest BCUT2D eigenvalue weighted by Gasteiger charge is 2.39. The van der Waals surface area contributed by atoms with Gasteiger partial charge in [0.25, 0.3) is 0 Å². The van der Waals surface area contributed by atoms with Crippen molar-refractivity contribution >= 4 is 11.9 Å². The van der Waals surface area contributed by atoms with Crippen molar-refractivity contribution in [1.82, 2.24) is 0 Å². The number of nitrogens with zero attached hydrogens (tertiary/aromatic N) is 1. The molecule has 0 aromatic heterocycles. The summed E-state index contributed by atoms with van der Waals surface area (Å²) >= 11 is 0. The summed E-state index contributed by atoms with van der Waals surface area (Å²) in [6.07, 6.45) is 1.66. The average molecular weight is 230 g/mol. The lowest BCUT2D eigenvalue weighted by molar-refractivity contribution is -0.146. The Morgan fingerprint density at radius 2 is 2.00 bits per heavy atom. The zero-order chi connectivity index (χ0) is 12.8. The van der Waals surface area contributed by atoms with Gasteiger partial charge in [0, 0.05) is 6.54 Å². The molecular formula is C10H22N4O2. The highest BCUT2D eigenvalue weighted by molar-refractivity contribution is 5.79. The van der Waals surface area contributed by atoms with Crippen LogP contribution in [0.15, 0.2) is 4.99 Å². The maximum Gasteiger partial charge on any atom is 0.323 e. The van der Waals surface area contributed by atoms with Crippen LogP contribution in [0, 0.1) is 5.92 Å². The van der Waals surface area contributed by atoms with Crippen molar-refractivity contribution in [2.75, 3.05) is 6.54 Å². The number of carboxylic acids is 1. The van der Waals surface area contributed by atoms with Crippen molar-refractivity contribution in [3.05, 3.63) is 0 Å². The second-order valence-corrected chi connectivity index (χ2v) is 3.90. The van der Waals surface area contributed by atoms with Crippen LogP contribution < -0.4 is 17.2 Å². The molecule has 0 saturated carbocycles. The minimum Gasteiger partial charge on any atom is -0.480 e. The van der Waals surface area contributed by atoms with E-state index in [4.69, 9.17) is 22.3 Å². The standard InChI is InChI=1S/C10H22N4O2/c1-3-7(5-6-14-9(11)12)10(13,4-2)8(15)16/h7H,3-6,13H2,1-2H3,(H,15,16)(H4,11,12,14). The molecule has 0 heterocycles. The van der Waals surface area contributed by atoms with Gasteiger partial charge in [0.1, 0.15) is 5.54 Å². The monoisotopic (exact) mass is 230 g/mol. The Bertz CT molecular complexity index is 264. The summed E-state index contributed by atoms with van der Waals surface area (Å²) in [6, 6.07) is 0. The van der Waals surface area contributed by atoms with Crippen LogP contribution in [0.4, 0.5) is 0 Å². The molecule has 0 aromatic rings. The van der Waals surface area contributed by atoms with Crippen LogP contribution in [0.5, 0.6) is 0 Å². The topological polar surface area (TPSA) is 128 Å². The first-order valence-corrected chi connectivity index (χ1v) is 5.46. The van der Waals surface area contributed by atoms with Gasteiger partial charge in [-0.2, -0.15) is 0 Å². The van der Waals surface area contributed by atoms with Gasteiger partial charge < -0.3 is 22.3 Å². The number of rotatable bonds is 7. The van der Waals surface area contributed by atoms with E-state index in [9.17, 15) is 4.79 Å². The van der Waals surface area contributed by atoms with E-state index in [1.54, 1.807) is 6.92 Å². The Balaban J connectivity index is 4.58. The maximum absolute atomic E-state index is 11.1. The fourth-order valence-electron chi connectivity index (χ4n) is 1.79. The molecule has 0 rings (SSSR count). The molecule has 6 nitrogen and oxygen atoms in total. The van der Waals surface area contributed by atoms with E-state index in [0.29, 0.717) is 25.8 Å². The van der Waals surface area contributed by atoms with Crippen molar-refractivity contribution < 1.29 is 9.90 Å². The third kappa shape index (κ3) is 3.69. The second kappa shape index (κ2) is 6.32. The van der Waals surface area contributed by atoms with Gasteiger partial charge in [0.2, 0.25) is 0 Å². The first kappa shape index (κ1) is 14.7. The third-order valence-electron chi connectivity index (χ3n) is 2.98. The molecular weight excluding hydrogens is 208 g/mol. The molecule has 0 amide bonds. The van der Waals surface area contributed by atoms with Crippen molar-refractivity contribution in [2.45, 2.75) is 38.6 Å². The number of carboxylic acid groups (broad SMARTS) is 1. The Labute approximate surface area is 95.9 Å². The van der Waals surface area contributed by atoms with Gasteiger partial charge in [0.15, 0.2) is 5.96 Å². The fourth-order valence-corrected chi connectivity index (χ4v) is 1.79. The normalized spacial score (nSPS) is 16.2. The molecule has 0 aliphatic carbocycles. The van der Waals surface area contributed by atoms with Crippen molar-refractivity contribution in [3.63, 3.8) is 0 Å².